The van der Waals surface area contributed by atoms with Gasteiger partial charge in [-0.3, -0.25) is 28.4 Å². The number of hydrogen-bond donors (Lipinski definition) is 1. The summed E-state index contributed by atoms with van der Waals surface area (Å²) in [7, 11) is 3.37. The molecule has 8 nitrogen and oxygen atoms in total. The van der Waals surface area contributed by atoms with E-state index in [4.69, 9.17) is 0 Å². The van der Waals surface area contributed by atoms with Crippen LogP contribution in [0.5, 0.6) is 0 Å². The molecule has 3 aromatic rings. The third-order valence-corrected chi connectivity index (χ3v) is 6.47. The first-order valence-electron chi connectivity index (χ1n) is 9.93. The second-order valence-electron chi connectivity index (χ2n) is 7.76. The first kappa shape index (κ1) is 21.6. The van der Waals surface area contributed by atoms with Crippen molar-refractivity contribution in [2.24, 2.45) is 14.1 Å². The number of amides is 3. The maximum Gasteiger partial charge on any atom is 0.328 e. The Hall–Kier alpha value is -3.59. The molecule has 0 atom stereocenters. The van der Waals surface area contributed by atoms with Crippen LogP contribution >= 0.6 is 11.8 Å². The van der Waals surface area contributed by atoms with Crippen LogP contribution in [0.25, 0.3) is 17.1 Å². The fraction of sp³-hybridized carbons (Fsp3) is 0.217. The van der Waals surface area contributed by atoms with Crippen LogP contribution in [0.1, 0.15) is 16.7 Å². The Morgan fingerprint density at radius 3 is 2.41 bits per heavy atom. The number of thioether (sulfide) groups is 1. The second-order valence-corrected chi connectivity index (χ2v) is 8.76. The number of aromatic nitrogens is 2. The molecular formula is C23H22N4O4S. The van der Waals surface area contributed by atoms with Crippen molar-refractivity contribution < 1.29 is 14.4 Å². The van der Waals surface area contributed by atoms with Gasteiger partial charge in [0, 0.05) is 19.8 Å². The van der Waals surface area contributed by atoms with Crippen molar-refractivity contribution in [1.29, 1.82) is 0 Å². The second kappa shape index (κ2) is 8.16. The first-order chi connectivity index (χ1) is 15.2. The number of nitrogens with one attached hydrogen (secondary N) is 1. The van der Waals surface area contributed by atoms with Crippen molar-refractivity contribution in [2.75, 3.05) is 11.9 Å². The van der Waals surface area contributed by atoms with E-state index in [2.05, 4.69) is 5.32 Å². The summed E-state index contributed by atoms with van der Waals surface area (Å²) >= 11 is 0.792. The van der Waals surface area contributed by atoms with Gasteiger partial charge in [-0.05, 0) is 72.6 Å². The molecule has 1 aliphatic heterocycles. The molecule has 3 amide bonds. The number of fused-ring (bicyclic) bond motifs is 1. The van der Waals surface area contributed by atoms with Crippen molar-refractivity contribution in [2.45, 2.75) is 13.8 Å². The Balaban J connectivity index is 1.52. The van der Waals surface area contributed by atoms with Crippen LogP contribution in [0, 0.1) is 13.8 Å². The quantitative estimate of drug-likeness (QED) is 0.617. The lowest BCUT2D eigenvalue weighted by Crippen LogP contribution is -2.36. The third-order valence-electron chi connectivity index (χ3n) is 5.56. The number of imide groups is 1. The molecule has 0 unspecified atom stereocenters. The molecule has 1 aromatic heterocycles. The summed E-state index contributed by atoms with van der Waals surface area (Å²) in [4.78, 5) is 50.9. The van der Waals surface area contributed by atoms with Gasteiger partial charge in [0.25, 0.3) is 11.1 Å². The largest absolute Gasteiger partial charge is 0.328 e. The molecule has 2 aromatic carbocycles. The monoisotopic (exact) mass is 450 g/mol. The number of rotatable bonds is 4. The number of anilines is 1. The van der Waals surface area contributed by atoms with E-state index in [1.165, 1.54) is 4.57 Å². The van der Waals surface area contributed by atoms with E-state index in [0.29, 0.717) is 11.3 Å². The minimum Gasteiger partial charge on any atom is -0.325 e. The molecule has 0 bridgehead atoms. The van der Waals surface area contributed by atoms with E-state index < -0.39 is 17.1 Å². The molecular weight excluding hydrogens is 428 g/mol. The van der Waals surface area contributed by atoms with E-state index in [0.717, 1.165) is 38.8 Å². The molecule has 32 heavy (non-hydrogen) atoms. The lowest BCUT2D eigenvalue weighted by Gasteiger charge is -2.13. The van der Waals surface area contributed by atoms with E-state index >= 15 is 0 Å². The number of hydrogen-bond acceptors (Lipinski definition) is 5. The zero-order valence-corrected chi connectivity index (χ0v) is 18.9. The SMILES string of the molecule is Cc1ccc(NC(=O)CN2C(=O)S/C(=C\c3ccc4c(c3)n(C)c(=O)n4C)C2=O)cc1C. The fourth-order valence-electron chi connectivity index (χ4n) is 3.56. The van der Waals surface area contributed by atoms with Crippen molar-refractivity contribution in [1.82, 2.24) is 14.0 Å². The van der Waals surface area contributed by atoms with Crippen molar-refractivity contribution in [3.63, 3.8) is 0 Å². The Bertz CT molecular complexity index is 1380. The van der Waals surface area contributed by atoms with E-state index in [9.17, 15) is 19.2 Å². The summed E-state index contributed by atoms with van der Waals surface area (Å²) in [6.07, 6.45) is 1.60. The number of carbonyl (C=O) groups excluding carboxylic acids is 3. The number of carbonyl (C=O) groups is 3. The molecule has 0 radical (unpaired) electrons. The lowest BCUT2D eigenvalue weighted by molar-refractivity contribution is -0.127. The summed E-state index contributed by atoms with van der Waals surface area (Å²) in [5.74, 6) is -0.963. The van der Waals surface area contributed by atoms with Crippen molar-refractivity contribution in [3.05, 3.63) is 68.5 Å². The Labute approximate surface area is 188 Å². The van der Waals surface area contributed by atoms with Crippen LogP contribution in [0.4, 0.5) is 10.5 Å². The minimum absolute atomic E-state index is 0.146. The van der Waals surface area contributed by atoms with E-state index in [-0.39, 0.29) is 17.1 Å². The number of nitrogens with zero attached hydrogens (tertiary/aromatic N) is 3. The van der Waals surface area contributed by atoms with Gasteiger partial charge in [0.05, 0.1) is 15.9 Å². The van der Waals surface area contributed by atoms with Gasteiger partial charge in [0.2, 0.25) is 5.91 Å². The van der Waals surface area contributed by atoms with Crippen LogP contribution in [0.15, 0.2) is 46.1 Å². The van der Waals surface area contributed by atoms with Gasteiger partial charge in [-0.25, -0.2) is 4.79 Å². The summed E-state index contributed by atoms with van der Waals surface area (Å²) < 4.78 is 3.07. The van der Waals surface area contributed by atoms with Gasteiger partial charge in [-0.2, -0.15) is 0 Å². The standard InChI is InChI=1S/C23H22N4O4S/c1-13-5-7-16(9-14(13)2)24-20(28)12-27-21(29)19(32-23(27)31)11-15-6-8-17-18(10-15)26(4)22(30)25(17)3/h5-11H,12H2,1-4H3,(H,24,28)/b19-11-. The van der Waals surface area contributed by atoms with E-state index in [1.807, 2.05) is 26.0 Å². The molecule has 1 N–H and O–H groups in total. The van der Waals surface area contributed by atoms with Crippen LogP contribution < -0.4 is 11.0 Å². The topological polar surface area (TPSA) is 93.4 Å². The Morgan fingerprint density at radius 2 is 1.69 bits per heavy atom. The minimum atomic E-state index is -0.516. The number of aryl methyl sites for hydroxylation is 4. The average Bonchev–Trinajstić information content (AvgIpc) is 3.13. The predicted molar refractivity (Wildman–Crippen MR) is 125 cm³/mol. The van der Waals surface area contributed by atoms with Crippen LogP contribution in [0.2, 0.25) is 0 Å². The van der Waals surface area contributed by atoms with Crippen LogP contribution in [-0.2, 0) is 23.7 Å². The van der Waals surface area contributed by atoms with Gasteiger partial charge in [0.1, 0.15) is 6.54 Å². The highest BCUT2D eigenvalue weighted by Crippen LogP contribution is 2.32. The molecule has 0 spiro atoms. The summed E-state index contributed by atoms with van der Waals surface area (Å²) in [6, 6.07) is 10.9. The normalized spacial score (nSPS) is 15.2. The zero-order chi connectivity index (χ0) is 23.2. The average molecular weight is 451 g/mol. The first-order valence-corrected chi connectivity index (χ1v) is 10.8. The summed E-state index contributed by atoms with van der Waals surface area (Å²) in [5.41, 5.74) is 4.78. The highest BCUT2D eigenvalue weighted by atomic mass is 32.2. The third kappa shape index (κ3) is 3.87. The molecule has 1 aliphatic rings. The fourth-order valence-corrected chi connectivity index (χ4v) is 4.40. The summed E-state index contributed by atoms with van der Waals surface area (Å²) in [6.45, 7) is 3.56. The van der Waals surface area contributed by atoms with Gasteiger partial charge in [0.15, 0.2) is 0 Å². The Morgan fingerprint density at radius 1 is 0.969 bits per heavy atom. The number of imidazole rings is 1. The molecule has 2 heterocycles. The molecule has 4 rings (SSSR count). The highest BCUT2D eigenvalue weighted by Gasteiger charge is 2.36. The summed E-state index contributed by atoms with van der Waals surface area (Å²) in [5, 5.41) is 2.23. The van der Waals surface area contributed by atoms with Crippen LogP contribution in [-0.4, -0.2) is 37.6 Å². The number of benzene rings is 2. The molecule has 1 saturated heterocycles. The van der Waals surface area contributed by atoms with Gasteiger partial charge < -0.3 is 5.32 Å². The molecule has 0 aliphatic carbocycles. The zero-order valence-electron chi connectivity index (χ0n) is 18.1. The van der Waals surface area contributed by atoms with Gasteiger partial charge in [-0.15, -0.1) is 0 Å². The van der Waals surface area contributed by atoms with Gasteiger partial charge >= 0.3 is 5.69 Å². The van der Waals surface area contributed by atoms with E-state index in [1.54, 1.807) is 49.0 Å². The molecule has 0 saturated carbocycles. The van der Waals surface area contributed by atoms with Crippen molar-refractivity contribution >= 4 is 51.6 Å². The predicted octanol–water partition coefficient (Wildman–Crippen LogP) is 3.17. The van der Waals surface area contributed by atoms with Crippen LogP contribution in [0.3, 0.4) is 0 Å². The highest BCUT2D eigenvalue weighted by molar-refractivity contribution is 8.18. The lowest BCUT2D eigenvalue weighted by atomic mass is 10.1. The maximum absolute atomic E-state index is 12.8. The molecule has 9 heteroatoms. The maximum atomic E-state index is 12.8. The molecule has 164 valence electrons. The molecule has 1 fully saturated rings. The Kier molecular flexibility index (Phi) is 5.52. The van der Waals surface area contributed by atoms with Gasteiger partial charge in [-0.1, -0.05) is 12.1 Å². The van der Waals surface area contributed by atoms with Crippen molar-refractivity contribution in [3.8, 4) is 0 Å². The smallest absolute Gasteiger partial charge is 0.325 e.